The summed E-state index contributed by atoms with van der Waals surface area (Å²) in [7, 11) is 0. The van der Waals surface area contributed by atoms with Gasteiger partial charge in [-0.1, -0.05) is 57.0 Å². The van der Waals surface area contributed by atoms with E-state index < -0.39 is 0 Å². The second kappa shape index (κ2) is 10.8. The van der Waals surface area contributed by atoms with Crippen molar-refractivity contribution in [3.05, 3.63) is 73.1 Å². The largest absolute Gasteiger partial charge is 0.338 e. The van der Waals surface area contributed by atoms with E-state index in [2.05, 4.69) is 58.9 Å². The monoisotopic (exact) mass is 442 g/mol. The van der Waals surface area contributed by atoms with E-state index in [0.29, 0.717) is 6.54 Å². The number of carbonyl (C=O) groups is 1. The van der Waals surface area contributed by atoms with Crippen LogP contribution in [0.1, 0.15) is 39.5 Å². The first-order chi connectivity index (χ1) is 16.2. The Kier molecular flexibility index (Phi) is 7.35. The quantitative estimate of drug-likeness (QED) is 0.242. The Balaban J connectivity index is 1.66. The maximum atomic E-state index is 11.7. The van der Waals surface area contributed by atoms with Crippen molar-refractivity contribution in [2.45, 2.75) is 46.1 Å². The number of aryl methyl sites for hydroxylation is 1. The van der Waals surface area contributed by atoms with E-state index in [4.69, 9.17) is 4.98 Å². The average Bonchev–Trinajstić information content (AvgIpc) is 3.23. The lowest BCUT2D eigenvalue weighted by atomic mass is 10.2. The highest BCUT2D eigenvalue weighted by Crippen LogP contribution is 2.28. The number of hydrogen-bond acceptors (Lipinski definition) is 3. The standard InChI is InChI=1S/C27H32N5O/c1-3-5-18-30-20-32(25-15-10-9-14-24(25)30)27-17-11-16-26(29-27)28-22-12-7-8-13-23(22)31(21-33)19-6-4-2/h7-17,20-21H,3-6,18-19H2,1-2H3,(H,28,29)/q+1. The van der Waals surface area contributed by atoms with Gasteiger partial charge >= 0.3 is 0 Å². The van der Waals surface area contributed by atoms with Crippen molar-refractivity contribution in [2.75, 3.05) is 16.8 Å². The van der Waals surface area contributed by atoms with E-state index >= 15 is 0 Å². The molecule has 0 fully saturated rings. The molecule has 0 unspecified atom stereocenters. The number of aromatic nitrogens is 3. The van der Waals surface area contributed by atoms with Gasteiger partial charge < -0.3 is 10.2 Å². The van der Waals surface area contributed by atoms with Crippen LogP contribution in [0, 0.1) is 0 Å². The number of hydrogen-bond donors (Lipinski definition) is 1. The number of imidazole rings is 1. The summed E-state index contributed by atoms with van der Waals surface area (Å²) >= 11 is 0. The average molecular weight is 443 g/mol. The van der Waals surface area contributed by atoms with Crippen LogP contribution in [-0.4, -0.2) is 22.5 Å². The highest BCUT2D eigenvalue weighted by molar-refractivity contribution is 5.85. The van der Waals surface area contributed by atoms with E-state index in [1.807, 2.05) is 42.5 Å². The second-order valence-corrected chi connectivity index (χ2v) is 8.20. The summed E-state index contributed by atoms with van der Waals surface area (Å²) in [6.07, 6.45) is 7.32. The molecule has 170 valence electrons. The van der Waals surface area contributed by atoms with Crippen LogP contribution >= 0.6 is 0 Å². The molecule has 0 aliphatic carbocycles. The predicted molar refractivity (Wildman–Crippen MR) is 134 cm³/mol. The molecule has 6 heteroatoms. The fourth-order valence-corrected chi connectivity index (χ4v) is 4.02. The highest BCUT2D eigenvalue weighted by atomic mass is 16.1. The van der Waals surface area contributed by atoms with Gasteiger partial charge in [-0.3, -0.25) is 4.79 Å². The van der Waals surface area contributed by atoms with Crippen LogP contribution in [-0.2, 0) is 11.3 Å². The number of rotatable bonds is 11. The first kappa shape index (κ1) is 22.5. The fraction of sp³-hybridized carbons (Fsp3) is 0.296. The molecule has 0 bridgehead atoms. The molecule has 0 atom stereocenters. The highest BCUT2D eigenvalue weighted by Gasteiger charge is 2.18. The fourth-order valence-electron chi connectivity index (χ4n) is 4.02. The minimum Gasteiger partial charge on any atom is -0.338 e. The number of anilines is 3. The third kappa shape index (κ3) is 5.06. The van der Waals surface area contributed by atoms with Gasteiger partial charge in [-0.2, -0.15) is 9.55 Å². The molecule has 6 nitrogen and oxygen atoms in total. The van der Waals surface area contributed by atoms with Crippen molar-refractivity contribution < 1.29 is 9.36 Å². The zero-order chi connectivity index (χ0) is 23.0. The van der Waals surface area contributed by atoms with Crippen LogP contribution in [0.15, 0.2) is 73.1 Å². The van der Waals surface area contributed by atoms with Gasteiger partial charge in [0.25, 0.3) is 6.33 Å². The minimum absolute atomic E-state index is 0.694. The molecule has 2 aromatic carbocycles. The molecule has 0 saturated heterocycles. The number of amides is 1. The molecule has 2 heterocycles. The Morgan fingerprint density at radius 2 is 1.76 bits per heavy atom. The smallest absolute Gasteiger partial charge is 0.251 e. The number of pyridine rings is 1. The molecule has 0 aliphatic heterocycles. The Morgan fingerprint density at radius 1 is 0.970 bits per heavy atom. The zero-order valence-electron chi connectivity index (χ0n) is 19.4. The van der Waals surface area contributed by atoms with Gasteiger partial charge in [0.05, 0.1) is 17.9 Å². The van der Waals surface area contributed by atoms with Crippen molar-refractivity contribution in [2.24, 2.45) is 0 Å². The summed E-state index contributed by atoms with van der Waals surface area (Å²) in [5.41, 5.74) is 4.05. The Bertz CT molecular complexity index is 1220. The Labute approximate surface area is 195 Å². The number of nitrogens with zero attached hydrogens (tertiary/aromatic N) is 4. The third-order valence-corrected chi connectivity index (χ3v) is 5.80. The van der Waals surface area contributed by atoms with E-state index in [9.17, 15) is 4.79 Å². The minimum atomic E-state index is 0.694. The zero-order valence-corrected chi connectivity index (χ0v) is 19.4. The van der Waals surface area contributed by atoms with E-state index in [1.54, 1.807) is 4.90 Å². The lowest BCUT2D eigenvalue weighted by Gasteiger charge is -2.21. The summed E-state index contributed by atoms with van der Waals surface area (Å²) in [4.78, 5) is 18.4. The molecule has 1 N–H and O–H groups in total. The molecule has 4 rings (SSSR count). The predicted octanol–water partition coefficient (Wildman–Crippen LogP) is 5.62. The van der Waals surface area contributed by atoms with Crippen molar-refractivity contribution in [3.8, 4) is 5.82 Å². The normalized spacial score (nSPS) is 11.0. The number of benzene rings is 2. The van der Waals surface area contributed by atoms with E-state index in [1.165, 1.54) is 5.52 Å². The number of para-hydroxylation sites is 4. The topological polar surface area (TPSA) is 54.0 Å². The lowest BCUT2D eigenvalue weighted by molar-refractivity contribution is -0.672. The van der Waals surface area contributed by atoms with Crippen molar-refractivity contribution in [1.82, 2.24) is 9.55 Å². The second-order valence-electron chi connectivity index (χ2n) is 8.20. The summed E-state index contributed by atoms with van der Waals surface area (Å²) in [5, 5.41) is 3.43. The van der Waals surface area contributed by atoms with Crippen molar-refractivity contribution >= 4 is 34.6 Å². The van der Waals surface area contributed by atoms with Crippen molar-refractivity contribution in [1.29, 1.82) is 0 Å². The van der Waals surface area contributed by atoms with Gasteiger partial charge in [0.1, 0.15) is 5.82 Å². The van der Waals surface area contributed by atoms with Gasteiger partial charge in [-0.25, -0.2) is 4.57 Å². The van der Waals surface area contributed by atoms with Gasteiger partial charge in [-0.15, -0.1) is 0 Å². The van der Waals surface area contributed by atoms with Gasteiger partial charge in [0, 0.05) is 12.6 Å². The molecule has 0 aliphatic rings. The van der Waals surface area contributed by atoms with Crippen LogP contribution < -0.4 is 14.8 Å². The molecule has 1 amide bonds. The summed E-state index contributed by atoms with van der Waals surface area (Å²) in [5.74, 6) is 1.58. The first-order valence-electron chi connectivity index (χ1n) is 11.8. The molecule has 0 spiro atoms. The Hall–Kier alpha value is -3.67. The maximum absolute atomic E-state index is 11.7. The number of carbonyl (C=O) groups excluding carboxylic acids is 1. The lowest BCUT2D eigenvalue weighted by Crippen LogP contribution is -2.32. The van der Waals surface area contributed by atoms with E-state index in [0.717, 1.165) is 67.2 Å². The molecule has 0 radical (unpaired) electrons. The van der Waals surface area contributed by atoms with Crippen LogP contribution in [0.3, 0.4) is 0 Å². The molecule has 4 aromatic rings. The van der Waals surface area contributed by atoms with Crippen LogP contribution in [0.2, 0.25) is 0 Å². The van der Waals surface area contributed by atoms with Crippen LogP contribution in [0.4, 0.5) is 17.2 Å². The number of unbranched alkanes of at least 4 members (excludes halogenated alkanes) is 2. The number of nitrogens with one attached hydrogen (secondary N) is 1. The third-order valence-electron chi connectivity index (χ3n) is 5.80. The first-order valence-corrected chi connectivity index (χ1v) is 11.8. The molecular weight excluding hydrogens is 410 g/mol. The van der Waals surface area contributed by atoms with E-state index in [-0.39, 0.29) is 0 Å². The van der Waals surface area contributed by atoms with Gasteiger partial charge in [0.2, 0.25) is 12.2 Å². The van der Waals surface area contributed by atoms with Crippen molar-refractivity contribution in [3.63, 3.8) is 0 Å². The Morgan fingerprint density at radius 3 is 2.58 bits per heavy atom. The summed E-state index contributed by atoms with van der Waals surface area (Å²) < 4.78 is 4.44. The SMILES string of the molecule is CCCCN(C=O)c1ccccc1Nc1cccc(-n2c[n+](CCCC)c3ccccc32)n1. The summed E-state index contributed by atoms with van der Waals surface area (Å²) in [6, 6.07) is 22.3. The summed E-state index contributed by atoms with van der Waals surface area (Å²) in [6.45, 7) is 6.01. The van der Waals surface area contributed by atoms with Gasteiger partial charge in [-0.05, 0) is 43.2 Å². The maximum Gasteiger partial charge on any atom is 0.251 e. The number of fused-ring (bicyclic) bond motifs is 1. The molecule has 33 heavy (non-hydrogen) atoms. The van der Waals surface area contributed by atoms with Crippen LogP contribution in [0.25, 0.3) is 16.9 Å². The molecule has 2 aromatic heterocycles. The van der Waals surface area contributed by atoms with Crippen LogP contribution in [0.5, 0.6) is 0 Å². The molecular formula is C27H32N5O+. The molecule has 0 saturated carbocycles. The van der Waals surface area contributed by atoms with Gasteiger partial charge in [0.15, 0.2) is 11.0 Å².